The number of rotatable bonds is 6. The number of ether oxygens (including phenoxy) is 2. The molecule has 3 rings (SSSR count). The molecule has 3 atom stereocenters. The van der Waals surface area contributed by atoms with Crippen molar-refractivity contribution in [2.45, 2.75) is 37.2 Å². The lowest BCUT2D eigenvalue weighted by molar-refractivity contribution is -0.0421. The van der Waals surface area contributed by atoms with Crippen molar-refractivity contribution in [2.24, 2.45) is 5.92 Å². The van der Waals surface area contributed by atoms with Gasteiger partial charge in [-0.25, -0.2) is 0 Å². The molecule has 28 heavy (non-hydrogen) atoms. The fraction of sp³-hybridized carbons (Fsp3) is 0.500. The standard InChI is InChI=1S/C24H33NO3/c1-25(2)17-21-11-5-9-19(18-8-6-12-22(14-18)27-3)16-24(21,26)20-10-7-13-23(15-20)28-4/h6-8,10,12-15,19,21,26H,5,9,11,16-17H2,1-4H3. The van der Waals surface area contributed by atoms with Gasteiger partial charge in [0.05, 0.1) is 19.8 Å². The Morgan fingerprint density at radius 3 is 2.36 bits per heavy atom. The third kappa shape index (κ3) is 4.50. The van der Waals surface area contributed by atoms with Crippen LogP contribution in [0, 0.1) is 5.92 Å². The molecule has 0 saturated heterocycles. The summed E-state index contributed by atoms with van der Waals surface area (Å²) >= 11 is 0. The quantitative estimate of drug-likeness (QED) is 0.750. The molecule has 1 saturated carbocycles. The summed E-state index contributed by atoms with van der Waals surface area (Å²) in [5.74, 6) is 2.12. The van der Waals surface area contributed by atoms with E-state index in [1.807, 2.05) is 36.4 Å². The maximum atomic E-state index is 12.1. The molecule has 2 aromatic carbocycles. The van der Waals surface area contributed by atoms with Gasteiger partial charge >= 0.3 is 0 Å². The lowest BCUT2D eigenvalue weighted by atomic mass is 9.74. The summed E-state index contributed by atoms with van der Waals surface area (Å²) < 4.78 is 10.9. The molecular weight excluding hydrogens is 350 g/mol. The highest BCUT2D eigenvalue weighted by Gasteiger charge is 2.42. The van der Waals surface area contributed by atoms with Crippen LogP contribution in [0.3, 0.4) is 0 Å². The largest absolute Gasteiger partial charge is 0.497 e. The predicted octanol–water partition coefficient (Wildman–Crippen LogP) is 4.43. The first-order valence-electron chi connectivity index (χ1n) is 10.1. The Hall–Kier alpha value is -2.04. The van der Waals surface area contributed by atoms with E-state index < -0.39 is 5.60 Å². The van der Waals surface area contributed by atoms with Gasteiger partial charge in [0, 0.05) is 12.5 Å². The van der Waals surface area contributed by atoms with Crippen LogP contribution >= 0.6 is 0 Å². The normalized spacial score (nSPS) is 25.4. The average molecular weight is 384 g/mol. The van der Waals surface area contributed by atoms with Crippen molar-refractivity contribution in [2.75, 3.05) is 34.9 Å². The minimum absolute atomic E-state index is 0.171. The average Bonchev–Trinajstić information content (AvgIpc) is 2.87. The highest BCUT2D eigenvalue weighted by molar-refractivity contribution is 5.35. The molecule has 0 aliphatic heterocycles. The first-order valence-corrected chi connectivity index (χ1v) is 10.1. The van der Waals surface area contributed by atoms with Crippen molar-refractivity contribution >= 4 is 0 Å². The Morgan fingerprint density at radius 1 is 1.00 bits per heavy atom. The molecule has 1 N–H and O–H groups in total. The zero-order valence-corrected chi connectivity index (χ0v) is 17.5. The van der Waals surface area contributed by atoms with Crippen LogP contribution in [-0.2, 0) is 5.60 Å². The third-order valence-corrected chi connectivity index (χ3v) is 6.06. The summed E-state index contributed by atoms with van der Waals surface area (Å²) in [6.45, 7) is 0.860. The Bertz CT molecular complexity index is 776. The minimum Gasteiger partial charge on any atom is -0.497 e. The van der Waals surface area contributed by atoms with Gasteiger partial charge in [0.15, 0.2) is 0 Å². The van der Waals surface area contributed by atoms with E-state index in [4.69, 9.17) is 9.47 Å². The lowest BCUT2D eigenvalue weighted by Gasteiger charge is -2.38. The molecule has 0 heterocycles. The maximum absolute atomic E-state index is 12.1. The second-order valence-corrected chi connectivity index (χ2v) is 8.22. The molecule has 0 bridgehead atoms. The van der Waals surface area contributed by atoms with Gasteiger partial charge in [-0.2, -0.15) is 0 Å². The van der Waals surface area contributed by atoms with E-state index in [0.29, 0.717) is 12.3 Å². The Morgan fingerprint density at radius 2 is 1.68 bits per heavy atom. The van der Waals surface area contributed by atoms with Gasteiger partial charge in [-0.3, -0.25) is 0 Å². The number of benzene rings is 2. The summed E-state index contributed by atoms with van der Waals surface area (Å²) in [7, 11) is 7.53. The molecule has 0 radical (unpaired) electrons. The molecule has 4 heteroatoms. The van der Waals surface area contributed by atoms with Gasteiger partial charge in [-0.1, -0.05) is 30.7 Å². The van der Waals surface area contributed by atoms with Gasteiger partial charge in [0.2, 0.25) is 0 Å². The lowest BCUT2D eigenvalue weighted by Crippen LogP contribution is -2.41. The first-order chi connectivity index (χ1) is 13.5. The van der Waals surface area contributed by atoms with Crippen molar-refractivity contribution in [1.82, 2.24) is 4.90 Å². The SMILES string of the molecule is COc1cccc(C2CCCC(CN(C)C)C(O)(c3cccc(OC)c3)C2)c1. The van der Waals surface area contributed by atoms with Crippen LogP contribution in [0.5, 0.6) is 11.5 Å². The Labute approximate surface area is 169 Å². The van der Waals surface area contributed by atoms with Crippen molar-refractivity contribution in [1.29, 1.82) is 0 Å². The van der Waals surface area contributed by atoms with Crippen LogP contribution in [0.15, 0.2) is 48.5 Å². The first kappa shape index (κ1) is 20.7. The van der Waals surface area contributed by atoms with E-state index in [1.165, 1.54) is 5.56 Å². The van der Waals surface area contributed by atoms with Crippen LogP contribution in [-0.4, -0.2) is 44.9 Å². The Balaban J connectivity index is 2.00. The molecule has 1 aliphatic rings. The fourth-order valence-electron chi connectivity index (χ4n) is 4.60. The molecule has 3 unspecified atom stereocenters. The molecule has 2 aromatic rings. The monoisotopic (exact) mass is 383 g/mol. The minimum atomic E-state index is -0.900. The fourth-order valence-corrected chi connectivity index (χ4v) is 4.60. The van der Waals surface area contributed by atoms with Gasteiger partial charge in [-0.15, -0.1) is 0 Å². The maximum Gasteiger partial charge on any atom is 0.119 e. The van der Waals surface area contributed by atoms with E-state index in [0.717, 1.165) is 42.9 Å². The van der Waals surface area contributed by atoms with Gasteiger partial charge in [0.25, 0.3) is 0 Å². The zero-order chi connectivity index (χ0) is 20.1. The van der Waals surface area contributed by atoms with Crippen molar-refractivity contribution in [3.63, 3.8) is 0 Å². The third-order valence-electron chi connectivity index (χ3n) is 6.06. The summed E-state index contributed by atoms with van der Waals surface area (Å²) in [6.07, 6.45) is 3.88. The topological polar surface area (TPSA) is 41.9 Å². The molecule has 0 aromatic heterocycles. The molecule has 0 spiro atoms. The highest BCUT2D eigenvalue weighted by Crippen LogP contribution is 2.47. The van der Waals surface area contributed by atoms with E-state index in [9.17, 15) is 5.11 Å². The number of aliphatic hydroxyl groups is 1. The molecule has 1 fully saturated rings. The molecule has 152 valence electrons. The second-order valence-electron chi connectivity index (χ2n) is 8.22. The van der Waals surface area contributed by atoms with Crippen LogP contribution in [0.1, 0.15) is 42.7 Å². The Kier molecular flexibility index (Phi) is 6.63. The second kappa shape index (κ2) is 8.97. The number of methoxy groups -OCH3 is 2. The van der Waals surface area contributed by atoms with E-state index in [1.54, 1.807) is 14.2 Å². The molecule has 0 amide bonds. The van der Waals surface area contributed by atoms with Crippen molar-refractivity contribution in [3.8, 4) is 11.5 Å². The van der Waals surface area contributed by atoms with Crippen molar-refractivity contribution in [3.05, 3.63) is 59.7 Å². The highest BCUT2D eigenvalue weighted by atomic mass is 16.5. The smallest absolute Gasteiger partial charge is 0.119 e. The van der Waals surface area contributed by atoms with Gasteiger partial charge < -0.3 is 19.5 Å². The van der Waals surface area contributed by atoms with Crippen LogP contribution in [0.2, 0.25) is 0 Å². The van der Waals surface area contributed by atoms with E-state index >= 15 is 0 Å². The van der Waals surface area contributed by atoms with E-state index in [-0.39, 0.29) is 5.92 Å². The van der Waals surface area contributed by atoms with Gasteiger partial charge in [-0.05, 0) is 74.7 Å². The van der Waals surface area contributed by atoms with Crippen LogP contribution in [0.25, 0.3) is 0 Å². The summed E-state index contributed by atoms with van der Waals surface area (Å²) in [5.41, 5.74) is 1.29. The number of hydrogen-bond acceptors (Lipinski definition) is 4. The number of nitrogens with zero attached hydrogens (tertiary/aromatic N) is 1. The summed E-state index contributed by atoms with van der Waals surface area (Å²) in [4.78, 5) is 2.18. The van der Waals surface area contributed by atoms with Crippen LogP contribution < -0.4 is 9.47 Å². The molecule has 4 nitrogen and oxygen atoms in total. The zero-order valence-electron chi connectivity index (χ0n) is 17.5. The van der Waals surface area contributed by atoms with Crippen LogP contribution in [0.4, 0.5) is 0 Å². The van der Waals surface area contributed by atoms with Crippen molar-refractivity contribution < 1.29 is 14.6 Å². The molecule has 1 aliphatic carbocycles. The van der Waals surface area contributed by atoms with Gasteiger partial charge in [0.1, 0.15) is 11.5 Å². The number of hydrogen-bond donors (Lipinski definition) is 1. The molecular formula is C24H33NO3. The summed E-state index contributed by atoms with van der Waals surface area (Å²) in [5, 5.41) is 12.1. The van der Waals surface area contributed by atoms with E-state index in [2.05, 4.69) is 31.1 Å². The predicted molar refractivity (Wildman–Crippen MR) is 113 cm³/mol. The summed E-state index contributed by atoms with van der Waals surface area (Å²) in [6, 6.07) is 16.2.